The van der Waals surface area contributed by atoms with Gasteiger partial charge < -0.3 is 14.4 Å². The SMILES string of the molecule is CCN(CCc1cccs1)CC1CCCc2c1ccc1c2OCO1.Cl. The first-order valence-corrected chi connectivity index (χ1v) is 9.89. The molecule has 5 heteroatoms. The lowest BCUT2D eigenvalue weighted by molar-refractivity contribution is 0.173. The maximum atomic E-state index is 5.74. The Morgan fingerprint density at radius 2 is 2.16 bits per heavy atom. The van der Waals surface area contributed by atoms with E-state index in [9.17, 15) is 0 Å². The molecule has 3 nitrogen and oxygen atoms in total. The summed E-state index contributed by atoms with van der Waals surface area (Å²) in [7, 11) is 0. The fourth-order valence-electron chi connectivity index (χ4n) is 3.97. The van der Waals surface area contributed by atoms with Crippen molar-refractivity contribution in [3.63, 3.8) is 0 Å². The second-order valence-electron chi connectivity index (χ2n) is 6.68. The Balaban J connectivity index is 0.00000182. The van der Waals surface area contributed by atoms with Gasteiger partial charge in [0.1, 0.15) is 0 Å². The fraction of sp³-hybridized carbons (Fsp3) is 0.500. The molecule has 1 aromatic heterocycles. The van der Waals surface area contributed by atoms with Gasteiger partial charge in [-0.05, 0) is 61.2 Å². The van der Waals surface area contributed by atoms with Crippen molar-refractivity contribution in [3.05, 3.63) is 45.6 Å². The summed E-state index contributed by atoms with van der Waals surface area (Å²) < 4.78 is 11.3. The Morgan fingerprint density at radius 3 is 2.96 bits per heavy atom. The predicted molar refractivity (Wildman–Crippen MR) is 106 cm³/mol. The highest BCUT2D eigenvalue weighted by Crippen LogP contribution is 2.44. The van der Waals surface area contributed by atoms with Crippen LogP contribution in [0.3, 0.4) is 0 Å². The summed E-state index contributed by atoms with van der Waals surface area (Å²) in [6.45, 7) is 6.06. The van der Waals surface area contributed by atoms with Gasteiger partial charge in [0, 0.05) is 23.5 Å². The van der Waals surface area contributed by atoms with Gasteiger partial charge >= 0.3 is 0 Å². The number of ether oxygens (including phenoxy) is 2. The van der Waals surface area contributed by atoms with Gasteiger partial charge in [0.05, 0.1) is 0 Å². The molecule has 25 heavy (non-hydrogen) atoms. The normalized spacial score (nSPS) is 18.1. The van der Waals surface area contributed by atoms with Crippen molar-refractivity contribution in [1.29, 1.82) is 0 Å². The summed E-state index contributed by atoms with van der Waals surface area (Å²) >= 11 is 1.87. The molecular weight excluding hydrogens is 354 g/mol. The van der Waals surface area contributed by atoms with Crippen LogP contribution in [0.2, 0.25) is 0 Å². The Morgan fingerprint density at radius 1 is 1.24 bits per heavy atom. The van der Waals surface area contributed by atoms with E-state index in [1.165, 1.54) is 28.8 Å². The number of rotatable bonds is 6. The van der Waals surface area contributed by atoms with E-state index < -0.39 is 0 Å². The number of nitrogens with zero attached hydrogens (tertiary/aromatic N) is 1. The van der Waals surface area contributed by atoms with E-state index in [1.54, 1.807) is 0 Å². The number of benzene rings is 1. The van der Waals surface area contributed by atoms with Crippen LogP contribution in [0.25, 0.3) is 0 Å². The minimum Gasteiger partial charge on any atom is -0.454 e. The Labute approximate surface area is 160 Å². The zero-order valence-electron chi connectivity index (χ0n) is 14.7. The molecule has 1 aromatic carbocycles. The molecule has 2 aromatic rings. The summed E-state index contributed by atoms with van der Waals surface area (Å²) in [5, 5.41) is 2.17. The Hall–Kier alpha value is -1.23. The molecule has 0 saturated carbocycles. The van der Waals surface area contributed by atoms with Gasteiger partial charge in [0.25, 0.3) is 0 Å². The van der Waals surface area contributed by atoms with Gasteiger partial charge in [-0.3, -0.25) is 0 Å². The third-order valence-electron chi connectivity index (χ3n) is 5.28. The average molecular weight is 380 g/mol. The molecule has 0 saturated heterocycles. The highest BCUT2D eigenvalue weighted by Gasteiger charge is 2.28. The maximum absolute atomic E-state index is 5.74. The third-order valence-corrected chi connectivity index (χ3v) is 6.21. The minimum absolute atomic E-state index is 0. The Bertz CT molecular complexity index is 689. The van der Waals surface area contributed by atoms with Crippen LogP contribution >= 0.6 is 23.7 Å². The molecule has 0 fully saturated rings. The molecule has 2 aliphatic rings. The van der Waals surface area contributed by atoms with Gasteiger partial charge in [0.2, 0.25) is 6.79 Å². The highest BCUT2D eigenvalue weighted by atomic mass is 35.5. The molecule has 136 valence electrons. The molecule has 0 amide bonds. The zero-order chi connectivity index (χ0) is 16.4. The standard InChI is InChI=1S/C20H25NO2S.ClH/c1-2-21(11-10-16-6-4-12-24-16)13-15-5-3-7-18-17(15)8-9-19-20(18)23-14-22-19;/h4,6,8-9,12,15H,2-3,5,7,10-11,13-14H2,1H3;1H. The molecule has 0 N–H and O–H groups in total. The predicted octanol–water partition coefficient (Wildman–Crippen LogP) is 4.88. The summed E-state index contributed by atoms with van der Waals surface area (Å²) in [6, 6.07) is 8.77. The van der Waals surface area contributed by atoms with Crippen LogP contribution in [0.4, 0.5) is 0 Å². The lowest BCUT2D eigenvalue weighted by atomic mass is 9.82. The molecule has 4 rings (SSSR count). The van der Waals surface area contributed by atoms with Crippen LogP contribution in [-0.4, -0.2) is 31.3 Å². The second-order valence-corrected chi connectivity index (χ2v) is 7.71. The first-order valence-electron chi connectivity index (χ1n) is 9.01. The summed E-state index contributed by atoms with van der Waals surface area (Å²) in [6.07, 6.45) is 4.81. The average Bonchev–Trinajstić information content (AvgIpc) is 3.29. The molecule has 0 radical (unpaired) electrons. The molecule has 0 bridgehead atoms. The van der Waals surface area contributed by atoms with E-state index in [-0.39, 0.29) is 12.4 Å². The number of halogens is 1. The molecule has 0 spiro atoms. The van der Waals surface area contributed by atoms with E-state index in [0.29, 0.717) is 12.7 Å². The first kappa shape index (κ1) is 18.6. The lowest BCUT2D eigenvalue weighted by Gasteiger charge is -2.31. The van der Waals surface area contributed by atoms with Crippen LogP contribution in [0.1, 0.15) is 41.7 Å². The molecule has 1 unspecified atom stereocenters. The van der Waals surface area contributed by atoms with Crippen molar-refractivity contribution in [2.75, 3.05) is 26.4 Å². The van der Waals surface area contributed by atoms with Gasteiger partial charge in [-0.15, -0.1) is 23.7 Å². The van der Waals surface area contributed by atoms with Crippen LogP contribution in [-0.2, 0) is 12.8 Å². The van der Waals surface area contributed by atoms with E-state index in [2.05, 4.69) is 41.5 Å². The van der Waals surface area contributed by atoms with Crippen LogP contribution < -0.4 is 9.47 Å². The number of thiophene rings is 1. The van der Waals surface area contributed by atoms with Gasteiger partial charge in [-0.1, -0.05) is 19.1 Å². The third kappa shape index (κ3) is 3.97. The summed E-state index contributed by atoms with van der Waals surface area (Å²) in [5.74, 6) is 2.56. The van der Waals surface area contributed by atoms with Crippen molar-refractivity contribution in [2.45, 2.75) is 38.5 Å². The quantitative estimate of drug-likeness (QED) is 0.713. The van der Waals surface area contributed by atoms with Crippen molar-refractivity contribution in [1.82, 2.24) is 4.90 Å². The monoisotopic (exact) mass is 379 g/mol. The largest absolute Gasteiger partial charge is 0.454 e. The lowest BCUT2D eigenvalue weighted by Crippen LogP contribution is -2.31. The molecule has 1 atom stereocenters. The maximum Gasteiger partial charge on any atom is 0.231 e. The first-order chi connectivity index (χ1) is 11.8. The van der Waals surface area contributed by atoms with Crippen LogP contribution in [0, 0.1) is 0 Å². The van der Waals surface area contributed by atoms with Crippen LogP contribution in [0.5, 0.6) is 11.5 Å². The molecule has 1 aliphatic carbocycles. The van der Waals surface area contributed by atoms with Gasteiger partial charge in [-0.2, -0.15) is 0 Å². The smallest absolute Gasteiger partial charge is 0.231 e. The van der Waals surface area contributed by atoms with E-state index in [1.807, 2.05) is 11.3 Å². The highest BCUT2D eigenvalue weighted by molar-refractivity contribution is 7.09. The number of hydrogen-bond donors (Lipinski definition) is 0. The van der Waals surface area contributed by atoms with E-state index in [0.717, 1.165) is 44.0 Å². The van der Waals surface area contributed by atoms with Gasteiger partial charge in [0.15, 0.2) is 11.5 Å². The van der Waals surface area contributed by atoms with E-state index >= 15 is 0 Å². The van der Waals surface area contributed by atoms with Crippen LogP contribution in [0.15, 0.2) is 29.6 Å². The number of fused-ring (bicyclic) bond motifs is 3. The number of likely N-dealkylation sites (N-methyl/N-ethyl adjacent to an activating group) is 1. The van der Waals surface area contributed by atoms with Crippen molar-refractivity contribution in [2.24, 2.45) is 0 Å². The minimum atomic E-state index is 0. The summed E-state index contributed by atoms with van der Waals surface area (Å²) in [5.41, 5.74) is 2.88. The Kier molecular flexibility index (Phi) is 6.26. The second kappa shape index (κ2) is 8.43. The zero-order valence-corrected chi connectivity index (χ0v) is 16.3. The summed E-state index contributed by atoms with van der Waals surface area (Å²) in [4.78, 5) is 4.09. The van der Waals surface area contributed by atoms with E-state index in [4.69, 9.17) is 9.47 Å². The fourth-order valence-corrected chi connectivity index (χ4v) is 4.67. The molecule has 1 aliphatic heterocycles. The molecule has 2 heterocycles. The topological polar surface area (TPSA) is 21.7 Å². The van der Waals surface area contributed by atoms with Crippen molar-refractivity contribution >= 4 is 23.7 Å². The van der Waals surface area contributed by atoms with Gasteiger partial charge in [-0.25, -0.2) is 0 Å². The van der Waals surface area contributed by atoms with Crippen molar-refractivity contribution < 1.29 is 9.47 Å². The molecular formula is C20H26ClNO2S. The van der Waals surface area contributed by atoms with Crippen molar-refractivity contribution in [3.8, 4) is 11.5 Å². The number of hydrogen-bond acceptors (Lipinski definition) is 4.